The largest absolute Gasteiger partial charge is 0.490 e. The van der Waals surface area contributed by atoms with Crippen LogP contribution in [0.5, 0.6) is 5.75 Å². The van der Waals surface area contributed by atoms with Crippen molar-refractivity contribution in [3.8, 4) is 5.75 Å². The molecule has 1 spiro atoms. The molecule has 45 heavy (non-hydrogen) atoms. The molecule has 0 radical (unpaired) electrons. The second-order valence-corrected chi connectivity index (χ2v) is 15.2. The van der Waals surface area contributed by atoms with Crippen LogP contribution < -0.4 is 19.7 Å². The number of nitrogens with zero attached hydrogens (tertiary/aromatic N) is 1. The number of alkyl carbamates (subject to hydrolysis) is 1. The van der Waals surface area contributed by atoms with Crippen molar-refractivity contribution >= 4 is 39.3 Å². The summed E-state index contributed by atoms with van der Waals surface area (Å²) < 4.78 is 47.4. The van der Waals surface area contributed by atoms with Gasteiger partial charge in [-0.15, -0.1) is 0 Å². The molecule has 2 N–H and O–H groups in total. The molecule has 0 aromatic heterocycles. The highest BCUT2D eigenvalue weighted by molar-refractivity contribution is 7.90. The Balaban J connectivity index is 1.44. The molecule has 6 rings (SSSR count). The minimum Gasteiger partial charge on any atom is -0.490 e. The summed E-state index contributed by atoms with van der Waals surface area (Å²) in [7, 11) is -2.70. The lowest BCUT2D eigenvalue weighted by Gasteiger charge is -2.45. The van der Waals surface area contributed by atoms with Gasteiger partial charge in [0.2, 0.25) is 0 Å². The third-order valence-corrected chi connectivity index (χ3v) is 11.3. The number of aryl methyl sites for hydroxylation is 1. The maximum absolute atomic E-state index is 13.5. The Kier molecular flexibility index (Phi) is 8.56. The third kappa shape index (κ3) is 6.26. The van der Waals surface area contributed by atoms with Gasteiger partial charge in [-0.2, -0.15) is 0 Å². The van der Waals surface area contributed by atoms with Crippen molar-refractivity contribution in [1.29, 1.82) is 0 Å². The third-order valence-electron chi connectivity index (χ3n) is 9.76. The monoisotopic (exact) mass is 657 g/mol. The van der Waals surface area contributed by atoms with Gasteiger partial charge in [0.15, 0.2) is 0 Å². The molecule has 2 amide bonds. The highest BCUT2D eigenvalue weighted by atomic mass is 35.5. The van der Waals surface area contributed by atoms with Crippen molar-refractivity contribution in [1.82, 2.24) is 10.0 Å². The fourth-order valence-electron chi connectivity index (χ4n) is 7.07. The van der Waals surface area contributed by atoms with Crippen molar-refractivity contribution in [2.24, 2.45) is 11.8 Å². The van der Waals surface area contributed by atoms with E-state index in [1.54, 1.807) is 18.2 Å². The second-order valence-electron chi connectivity index (χ2n) is 13.0. The van der Waals surface area contributed by atoms with E-state index in [0.29, 0.717) is 36.2 Å². The van der Waals surface area contributed by atoms with E-state index in [1.165, 1.54) is 38.1 Å². The summed E-state index contributed by atoms with van der Waals surface area (Å²) in [4.78, 5) is 27.7. The summed E-state index contributed by atoms with van der Waals surface area (Å²) in [6.45, 7) is 4.68. The van der Waals surface area contributed by atoms with E-state index in [4.69, 9.17) is 25.8 Å². The second kappa shape index (κ2) is 12.1. The predicted molar refractivity (Wildman–Crippen MR) is 170 cm³/mol. The molecule has 0 unspecified atom stereocenters. The molecular weight excluding hydrogens is 618 g/mol. The molecule has 4 aliphatic rings. The van der Waals surface area contributed by atoms with E-state index in [1.807, 2.05) is 18.2 Å². The topological polar surface area (TPSA) is 123 Å². The SMILES string of the molecule is CNC(=O)O[C@H]1/C=C\COC(C)(C)C(=O)NS(=O)(=O)c2ccc3c(c2)N(C[C@@H]2CC[C@H]21)C[C@@]1(CCCc2cc(Cl)ccc21)CO3. The number of sulfonamides is 1. The highest BCUT2D eigenvalue weighted by Crippen LogP contribution is 2.47. The van der Waals surface area contributed by atoms with E-state index in [2.05, 4.69) is 21.0 Å². The van der Waals surface area contributed by atoms with Crippen LogP contribution in [0.4, 0.5) is 10.5 Å². The van der Waals surface area contributed by atoms with Crippen molar-refractivity contribution < 1.29 is 32.2 Å². The van der Waals surface area contributed by atoms with E-state index in [-0.39, 0.29) is 28.8 Å². The van der Waals surface area contributed by atoms with Crippen LogP contribution in [0.1, 0.15) is 50.7 Å². The molecule has 2 aromatic carbocycles. The zero-order chi connectivity index (χ0) is 32.0. The molecule has 10 nitrogen and oxygen atoms in total. The molecule has 2 heterocycles. The first-order valence-corrected chi connectivity index (χ1v) is 17.3. The van der Waals surface area contributed by atoms with Gasteiger partial charge in [0.25, 0.3) is 15.9 Å². The van der Waals surface area contributed by atoms with E-state index < -0.39 is 33.7 Å². The van der Waals surface area contributed by atoms with E-state index in [9.17, 15) is 18.0 Å². The Bertz CT molecular complexity index is 1630. The number of hydrogen-bond acceptors (Lipinski definition) is 8. The smallest absolute Gasteiger partial charge is 0.407 e. The van der Waals surface area contributed by atoms with Crippen LogP contribution in [0.3, 0.4) is 0 Å². The van der Waals surface area contributed by atoms with Gasteiger partial charge in [-0.25, -0.2) is 17.9 Å². The number of carbonyl (C=O) groups is 2. The van der Waals surface area contributed by atoms with Crippen LogP contribution in [-0.4, -0.2) is 65.5 Å². The molecule has 0 saturated heterocycles. The van der Waals surface area contributed by atoms with Gasteiger partial charge in [-0.3, -0.25) is 4.79 Å². The van der Waals surface area contributed by atoms with Gasteiger partial charge in [-0.1, -0.05) is 23.7 Å². The zero-order valence-electron chi connectivity index (χ0n) is 25.8. The average molecular weight is 658 g/mol. The molecule has 242 valence electrons. The summed E-state index contributed by atoms with van der Waals surface area (Å²) in [6.07, 6.45) is 7.11. The van der Waals surface area contributed by atoms with Crippen molar-refractivity contribution in [2.75, 3.05) is 38.3 Å². The molecule has 1 fully saturated rings. The summed E-state index contributed by atoms with van der Waals surface area (Å²) in [5, 5.41) is 3.25. The number of benzene rings is 2. The van der Waals surface area contributed by atoms with Crippen LogP contribution in [0.2, 0.25) is 5.02 Å². The first kappa shape index (κ1) is 31.7. The van der Waals surface area contributed by atoms with Gasteiger partial charge >= 0.3 is 6.09 Å². The summed E-state index contributed by atoms with van der Waals surface area (Å²) in [5.74, 6) is -0.0156. The number of anilines is 1. The van der Waals surface area contributed by atoms with Gasteiger partial charge in [0.1, 0.15) is 17.5 Å². The van der Waals surface area contributed by atoms with E-state index in [0.717, 1.165) is 32.1 Å². The number of ether oxygens (including phenoxy) is 3. The Morgan fingerprint density at radius 1 is 1.18 bits per heavy atom. The first-order chi connectivity index (χ1) is 21.4. The number of carbonyl (C=O) groups excluding carboxylic acids is 2. The minimum atomic E-state index is -4.22. The van der Waals surface area contributed by atoms with Crippen molar-refractivity contribution in [2.45, 2.75) is 68.0 Å². The molecular formula is C33H40ClN3O7S. The molecule has 2 aliphatic carbocycles. The maximum atomic E-state index is 13.5. The summed E-state index contributed by atoms with van der Waals surface area (Å²) in [6, 6.07) is 10.8. The Morgan fingerprint density at radius 3 is 2.76 bits per heavy atom. The van der Waals surface area contributed by atoms with Crippen LogP contribution in [0.25, 0.3) is 0 Å². The number of nitrogens with one attached hydrogen (secondary N) is 2. The number of halogens is 1. The number of amides is 2. The summed E-state index contributed by atoms with van der Waals surface area (Å²) >= 11 is 6.40. The Labute approximate surface area is 269 Å². The Morgan fingerprint density at radius 2 is 2.00 bits per heavy atom. The quantitative estimate of drug-likeness (QED) is 0.422. The maximum Gasteiger partial charge on any atom is 0.407 e. The van der Waals surface area contributed by atoms with E-state index >= 15 is 0 Å². The number of hydrogen-bond donors (Lipinski definition) is 2. The fraction of sp³-hybridized carbons (Fsp3) is 0.515. The molecule has 2 aromatic rings. The molecule has 2 bridgehead atoms. The fourth-order valence-corrected chi connectivity index (χ4v) is 8.38. The normalized spacial score (nSPS) is 29.5. The lowest BCUT2D eigenvalue weighted by atomic mass is 9.68. The summed E-state index contributed by atoms with van der Waals surface area (Å²) in [5.41, 5.74) is 1.27. The van der Waals surface area contributed by atoms with Crippen molar-refractivity contribution in [3.63, 3.8) is 0 Å². The van der Waals surface area contributed by atoms with Crippen LogP contribution in [0.15, 0.2) is 53.4 Å². The van der Waals surface area contributed by atoms with Gasteiger partial charge in [0.05, 0.1) is 23.8 Å². The molecule has 2 aliphatic heterocycles. The standard InChI is InChI=1S/C33H40ClN3O7S/c1-32(2)30(38)36-45(40,41)24-10-13-29-27(17-24)37(18-22-8-11-25(22)28(7-5-15-43-32)44-31(39)35-3)19-33(20-42-29)14-4-6-21-16-23(34)9-12-26(21)33/h5,7,9-10,12-13,16-17,22,25,28H,4,6,8,11,14-15,18-20H2,1-3H3,(H,35,39)(H,36,38)/b7-5-/t22-,25+,28-,33-/m0/s1. The van der Waals surface area contributed by atoms with Gasteiger partial charge in [0, 0.05) is 36.5 Å². The molecule has 4 atom stereocenters. The lowest BCUT2D eigenvalue weighted by molar-refractivity contribution is -0.139. The van der Waals surface area contributed by atoms with Crippen LogP contribution in [0, 0.1) is 11.8 Å². The Hall–Kier alpha value is -3.28. The van der Waals surface area contributed by atoms with Gasteiger partial charge < -0.3 is 24.4 Å². The number of rotatable bonds is 1. The van der Waals surface area contributed by atoms with Crippen LogP contribution >= 0.6 is 11.6 Å². The van der Waals surface area contributed by atoms with Crippen LogP contribution in [-0.2, 0) is 36.1 Å². The lowest BCUT2D eigenvalue weighted by Crippen LogP contribution is -2.50. The molecule has 12 heteroatoms. The van der Waals surface area contributed by atoms with Crippen molar-refractivity contribution in [3.05, 3.63) is 64.7 Å². The minimum absolute atomic E-state index is 0.0275. The molecule has 1 saturated carbocycles. The predicted octanol–water partition coefficient (Wildman–Crippen LogP) is 4.73. The highest BCUT2D eigenvalue weighted by Gasteiger charge is 2.45. The zero-order valence-corrected chi connectivity index (χ0v) is 27.4. The average Bonchev–Trinajstić information content (AvgIpc) is 3.13. The number of fused-ring (bicyclic) bond motifs is 4. The van der Waals surface area contributed by atoms with Gasteiger partial charge in [-0.05, 0) is 99.4 Å². The first-order valence-electron chi connectivity index (χ1n) is 15.5.